The van der Waals surface area contributed by atoms with Crippen molar-refractivity contribution in [1.82, 2.24) is 4.57 Å². The third-order valence-corrected chi connectivity index (χ3v) is 13.6. The molecule has 308 valence electrons. The molecule has 0 radical (unpaired) electrons. The van der Waals surface area contributed by atoms with E-state index in [-0.39, 0.29) is 5.41 Å². The highest BCUT2D eigenvalue weighted by Crippen LogP contribution is 2.53. The normalized spacial score (nSPS) is 12.6. The Balaban J connectivity index is 1.10. The van der Waals surface area contributed by atoms with Gasteiger partial charge in [-0.2, -0.15) is 0 Å². The second kappa shape index (κ2) is 15.6. The lowest BCUT2D eigenvalue weighted by Gasteiger charge is -2.31. The molecule has 0 bridgehead atoms. The lowest BCUT2D eigenvalue weighted by atomic mass is 9.82. The summed E-state index contributed by atoms with van der Waals surface area (Å²) in [4.78, 5) is 2.49. The number of para-hydroxylation sites is 3. The Hall–Kier alpha value is -8.20. The Kier molecular flexibility index (Phi) is 9.21. The Morgan fingerprint density at radius 1 is 0.354 bits per heavy atom. The highest BCUT2D eigenvalue weighted by Gasteiger charge is 2.36. The van der Waals surface area contributed by atoms with Crippen LogP contribution in [0.3, 0.4) is 0 Å². The summed E-state index contributed by atoms with van der Waals surface area (Å²) in [5.74, 6) is 0. The zero-order chi connectivity index (χ0) is 43.5. The van der Waals surface area contributed by atoms with Crippen molar-refractivity contribution in [3.8, 4) is 61.3 Å². The fourth-order valence-electron chi connectivity index (χ4n) is 10.6. The van der Waals surface area contributed by atoms with Crippen LogP contribution in [0.2, 0.25) is 0 Å². The molecule has 0 N–H and O–H groups in total. The lowest BCUT2D eigenvalue weighted by molar-refractivity contribution is 0.660. The molecule has 2 nitrogen and oxygen atoms in total. The van der Waals surface area contributed by atoms with E-state index in [1.165, 1.54) is 83.0 Å². The third-order valence-electron chi connectivity index (χ3n) is 13.6. The number of aromatic nitrogens is 1. The molecule has 0 amide bonds. The monoisotopic (exact) mass is 830 g/mol. The van der Waals surface area contributed by atoms with E-state index in [4.69, 9.17) is 0 Å². The highest BCUT2D eigenvalue weighted by atomic mass is 15.1. The van der Waals surface area contributed by atoms with E-state index in [1.54, 1.807) is 0 Å². The number of anilines is 3. The first-order valence-electron chi connectivity index (χ1n) is 22.6. The van der Waals surface area contributed by atoms with Crippen LogP contribution in [-0.2, 0) is 5.41 Å². The van der Waals surface area contributed by atoms with Gasteiger partial charge >= 0.3 is 0 Å². The number of fused-ring (bicyclic) bond motifs is 6. The van der Waals surface area contributed by atoms with Gasteiger partial charge in [0.25, 0.3) is 0 Å². The van der Waals surface area contributed by atoms with Gasteiger partial charge in [0.15, 0.2) is 0 Å². The fourth-order valence-corrected chi connectivity index (χ4v) is 10.6. The topological polar surface area (TPSA) is 8.17 Å². The maximum atomic E-state index is 2.49. The van der Waals surface area contributed by atoms with Gasteiger partial charge in [-0.05, 0) is 104 Å². The van der Waals surface area contributed by atoms with Crippen LogP contribution >= 0.6 is 0 Å². The van der Waals surface area contributed by atoms with Gasteiger partial charge in [0.2, 0.25) is 0 Å². The van der Waals surface area contributed by atoms with E-state index in [0.717, 1.165) is 28.3 Å². The van der Waals surface area contributed by atoms with E-state index >= 15 is 0 Å². The molecule has 65 heavy (non-hydrogen) atoms. The van der Waals surface area contributed by atoms with Crippen LogP contribution in [0.15, 0.2) is 243 Å². The zero-order valence-corrected chi connectivity index (χ0v) is 36.5. The number of rotatable bonds is 8. The standard InChI is InChI=1S/C63H46N2/c1-63(2)57-33-16-14-27-52(57)53-41-40-48(42-58(53)63)64(60-35-19-30-50(44-22-8-4-9-23-44)61(60)55-29-13-12-26-49(55)43-20-6-3-7-21-43)47-38-36-45(37-39-47)51-31-18-32-56-54-28-15-17-34-59(54)65(62(51)56)46-24-10-5-11-25-46/h3-42H,1-2H3. The molecule has 2 heteroatoms. The molecule has 0 fully saturated rings. The highest BCUT2D eigenvalue weighted by molar-refractivity contribution is 6.14. The molecule has 0 aliphatic heterocycles. The minimum absolute atomic E-state index is 0.165. The summed E-state index contributed by atoms with van der Waals surface area (Å²) < 4.78 is 2.43. The molecule has 10 aromatic carbocycles. The molecular weight excluding hydrogens is 785 g/mol. The largest absolute Gasteiger partial charge is 0.310 e. The van der Waals surface area contributed by atoms with E-state index in [2.05, 4.69) is 266 Å². The van der Waals surface area contributed by atoms with Crippen molar-refractivity contribution in [2.75, 3.05) is 4.90 Å². The average molecular weight is 831 g/mol. The van der Waals surface area contributed by atoms with E-state index in [0.29, 0.717) is 0 Å². The van der Waals surface area contributed by atoms with Gasteiger partial charge in [0.05, 0.1) is 16.7 Å². The quantitative estimate of drug-likeness (QED) is 0.148. The van der Waals surface area contributed by atoms with Crippen LogP contribution in [0.5, 0.6) is 0 Å². The second-order valence-electron chi connectivity index (χ2n) is 17.6. The molecule has 1 aliphatic carbocycles. The Bertz CT molecular complexity index is 3550. The molecule has 0 spiro atoms. The summed E-state index contributed by atoms with van der Waals surface area (Å²) in [5, 5.41) is 2.49. The van der Waals surface area contributed by atoms with Crippen molar-refractivity contribution >= 4 is 38.9 Å². The SMILES string of the molecule is CC1(C)c2ccccc2-c2ccc(N(c3ccc(-c4cccc5c6ccccc6n(-c6ccccc6)c45)cc3)c3cccc(-c4ccccc4)c3-c3ccccc3-c3ccccc3)cc21. The fraction of sp³-hybridized carbons (Fsp3) is 0.0476. The van der Waals surface area contributed by atoms with Gasteiger partial charge < -0.3 is 9.47 Å². The van der Waals surface area contributed by atoms with Crippen molar-refractivity contribution in [2.24, 2.45) is 0 Å². The van der Waals surface area contributed by atoms with Crippen LogP contribution in [-0.4, -0.2) is 4.57 Å². The minimum atomic E-state index is -0.165. The molecule has 0 atom stereocenters. The molecule has 11 aromatic rings. The van der Waals surface area contributed by atoms with Crippen molar-refractivity contribution in [3.05, 3.63) is 254 Å². The molecule has 0 unspecified atom stereocenters. The van der Waals surface area contributed by atoms with Crippen LogP contribution in [0.1, 0.15) is 25.0 Å². The summed E-state index contributed by atoms with van der Waals surface area (Å²) >= 11 is 0. The maximum Gasteiger partial charge on any atom is 0.0619 e. The second-order valence-corrected chi connectivity index (χ2v) is 17.6. The first-order valence-corrected chi connectivity index (χ1v) is 22.6. The van der Waals surface area contributed by atoms with Crippen LogP contribution in [0.25, 0.3) is 83.1 Å². The molecule has 0 saturated carbocycles. The van der Waals surface area contributed by atoms with Crippen LogP contribution in [0.4, 0.5) is 17.1 Å². The van der Waals surface area contributed by atoms with Gasteiger partial charge in [-0.1, -0.05) is 208 Å². The number of nitrogens with zero attached hydrogens (tertiary/aromatic N) is 2. The Morgan fingerprint density at radius 3 is 1.63 bits per heavy atom. The summed E-state index contributed by atoms with van der Waals surface area (Å²) in [6, 6.07) is 88.9. The Labute approximate surface area is 381 Å². The van der Waals surface area contributed by atoms with Gasteiger partial charge in [0.1, 0.15) is 0 Å². The predicted molar refractivity (Wildman–Crippen MR) is 275 cm³/mol. The van der Waals surface area contributed by atoms with E-state index in [1.807, 2.05) is 0 Å². The van der Waals surface area contributed by atoms with Gasteiger partial charge in [-0.3, -0.25) is 0 Å². The van der Waals surface area contributed by atoms with Gasteiger partial charge in [-0.25, -0.2) is 0 Å². The summed E-state index contributed by atoms with van der Waals surface area (Å²) in [5.41, 5.74) is 21.5. The van der Waals surface area contributed by atoms with E-state index in [9.17, 15) is 0 Å². The van der Waals surface area contributed by atoms with Crippen LogP contribution in [0, 0.1) is 0 Å². The third kappa shape index (κ3) is 6.32. The number of hydrogen-bond acceptors (Lipinski definition) is 1. The number of benzene rings is 10. The van der Waals surface area contributed by atoms with Crippen LogP contribution < -0.4 is 4.90 Å². The summed E-state index contributed by atoms with van der Waals surface area (Å²) in [7, 11) is 0. The smallest absolute Gasteiger partial charge is 0.0619 e. The first kappa shape index (κ1) is 38.5. The van der Waals surface area contributed by atoms with Crippen molar-refractivity contribution < 1.29 is 0 Å². The average Bonchev–Trinajstić information content (AvgIpc) is 3.83. The predicted octanol–water partition coefficient (Wildman–Crippen LogP) is 17.2. The molecule has 1 heterocycles. The van der Waals surface area contributed by atoms with Gasteiger partial charge in [0, 0.05) is 44.4 Å². The lowest BCUT2D eigenvalue weighted by Crippen LogP contribution is -2.17. The zero-order valence-electron chi connectivity index (χ0n) is 36.5. The Morgan fingerprint density at radius 2 is 0.877 bits per heavy atom. The number of hydrogen-bond donors (Lipinski definition) is 0. The van der Waals surface area contributed by atoms with Crippen molar-refractivity contribution in [1.29, 1.82) is 0 Å². The van der Waals surface area contributed by atoms with Crippen molar-refractivity contribution in [2.45, 2.75) is 19.3 Å². The summed E-state index contributed by atoms with van der Waals surface area (Å²) in [6.45, 7) is 4.74. The molecule has 1 aromatic heterocycles. The van der Waals surface area contributed by atoms with Gasteiger partial charge in [-0.15, -0.1) is 0 Å². The molecule has 0 saturated heterocycles. The molecule has 12 rings (SSSR count). The van der Waals surface area contributed by atoms with E-state index < -0.39 is 0 Å². The molecule has 1 aliphatic rings. The summed E-state index contributed by atoms with van der Waals surface area (Å²) in [6.07, 6.45) is 0. The molecular formula is C63H46N2. The first-order chi connectivity index (χ1) is 32.0. The van der Waals surface area contributed by atoms with Crippen molar-refractivity contribution in [3.63, 3.8) is 0 Å². The minimum Gasteiger partial charge on any atom is -0.310 e. The maximum absolute atomic E-state index is 2.49.